The fourth-order valence-electron chi connectivity index (χ4n) is 2.33. The van der Waals surface area contributed by atoms with Gasteiger partial charge < -0.3 is 14.7 Å². The smallest absolute Gasteiger partial charge is 0.254 e. The van der Waals surface area contributed by atoms with Crippen LogP contribution in [-0.2, 0) is 0 Å². The van der Waals surface area contributed by atoms with Crippen molar-refractivity contribution in [3.63, 3.8) is 0 Å². The predicted molar refractivity (Wildman–Crippen MR) is 94.6 cm³/mol. The number of likely N-dealkylation sites (N-methyl/N-ethyl adjacent to an activating group) is 1. The molecule has 0 bridgehead atoms. The van der Waals surface area contributed by atoms with Crippen molar-refractivity contribution < 1.29 is 19.4 Å². The first kappa shape index (κ1) is 18.2. The molecule has 1 N–H and O–H groups in total. The Kier molecular flexibility index (Phi) is 6.11. The summed E-state index contributed by atoms with van der Waals surface area (Å²) in [4.78, 5) is 26.9. The molecule has 0 heterocycles. The molecule has 2 aromatic rings. The standard InChI is InChI=1S/C18H18BrNO4/c1-20(9-10-21)18(23)13-8-7-12(19)11-15(13)17(22)14-5-3-4-6-16(14)24-2/h3-8,11,21H,9-10H2,1-2H3. The lowest BCUT2D eigenvalue weighted by atomic mass is 9.97. The molecular formula is C18H18BrNO4. The van der Waals surface area contributed by atoms with E-state index < -0.39 is 0 Å². The number of ether oxygens (including phenoxy) is 1. The lowest BCUT2D eigenvalue weighted by Gasteiger charge is -2.18. The van der Waals surface area contributed by atoms with E-state index in [1.165, 1.54) is 12.0 Å². The Morgan fingerprint density at radius 3 is 2.50 bits per heavy atom. The molecular weight excluding hydrogens is 374 g/mol. The summed E-state index contributed by atoms with van der Waals surface area (Å²) < 4.78 is 5.94. The molecule has 2 aromatic carbocycles. The van der Waals surface area contributed by atoms with E-state index in [9.17, 15) is 9.59 Å². The molecule has 0 saturated carbocycles. The van der Waals surface area contributed by atoms with Gasteiger partial charge in [-0.1, -0.05) is 28.1 Å². The number of carbonyl (C=O) groups excluding carboxylic acids is 2. The SMILES string of the molecule is COc1ccccc1C(=O)c1cc(Br)ccc1C(=O)N(C)CCO. The Labute approximate surface area is 149 Å². The summed E-state index contributed by atoms with van der Waals surface area (Å²) in [5.41, 5.74) is 0.950. The van der Waals surface area contributed by atoms with Crippen LogP contribution in [-0.4, -0.2) is 49.0 Å². The van der Waals surface area contributed by atoms with Crippen molar-refractivity contribution in [3.8, 4) is 5.75 Å². The summed E-state index contributed by atoms with van der Waals surface area (Å²) in [7, 11) is 3.08. The molecule has 0 aromatic heterocycles. The maximum atomic E-state index is 13.0. The van der Waals surface area contributed by atoms with Gasteiger partial charge in [-0.25, -0.2) is 0 Å². The zero-order valence-electron chi connectivity index (χ0n) is 13.5. The number of aliphatic hydroxyl groups is 1. The number of halogens is 1. The van der Waals surface area contributed by atoms with E-state index in [0.717, 1.165) is 0 Å². The van der Waals surface area contributed by atoms with Gasteiger partial charge in [0.2, 0.25) is 0 Å². The zero-order valence-corrected chi connectivity index (χ0v) is 15.0. The number of rotatable bonds is 6. The largest absolute Gasteiger partial charge is 0.496 e. The van der Waals surface area contributed by atoms with Gasteiger partial charge >= 0.3 is 0 Å². The second kappa shape index (κ2) is 8.08. The molecule has 0 unspecified atom stereocenters. The lowest BCUT2D eigenvalue weighted by molar-refractivity contribution is 0.0762. The van der Waals surface area contributed by atoms with E-state index in [1.54, 1.807) is 49.5 Å². The van der Waals surface area contributed by atoms with Crippen LogP contribution in [0.5, 0.6) is 5.75 Å². The normalized spacial score (nSPS) is 10.3. The van der Waals surface area contributed by atoms with Gasteiger partial charge in [-0.05, 0) is 30.3 Å². The van der Waals surface area contributed by atoms with Crippen molar-refractivity contribution in [2.45, 2.75) is 0 Å². The predicted octanol–water partition coefficient (Wildman–Crippen LogP) is 2.75. The van der Waals surface area contributed by atoms with E-state index in [1.807, 2.05) is 0 Å². The third-order valence-corrected chi connectivity index (χ3v) is 4.08. The number of benzene rings is 2. The van der Waals surface area contributed by atoms with Gasteiger partial charge in [-0.2, -0.15) is 0 Å². The van der Waals surface area contributed by atoms with Crippen LogP contribution in [0.2, 0.25) is 0 Å². The first-order valence-electron chi connectivity index (χ1n) is 7.33. The monoisotopic (exact) mass is 391 g/mol. The number of carbonyl (C=O) groups is 2. The van der Waals surface area contributed by atoms with Crippen molar-refractivity contribution in [1.82, 2.24) is 4.90 Å². The summed E-state index contributed by atoms with van der Waals surface area (Å²) in [5.74, 6) is -0.172. The van der Waals surface area contributed by atoms with Gasteiger partial charge in [0.25, 0.3) is 5.91 Å². The molecule has 0 atom stereocenters. The first-order chi connectivity index (χ1) is 11.5. The van der Waals surface area contributed by atoms with Crippen molar-refractivity contribution in [2.75, 3.05) is 27.3 Å². The topological polar surface area (TPSA) is 66.8 Å². The highest BCUT2D eigenvalue weighted by molar-refractivity contribution is 9.10. The van der Waals surface area contributed by atoms with Crippen LogP contribution in [0.1, 0.15) is 26.3 Å². The summed E-state index contributed by atoms with van der Waals surface area (Å²) in [6.45, 7) is 0.0474. The molecule has 0 aliphatic heterocycles. The quantitative estimate of drug-likeness (QED) is 0.768. The van der Waals surface area contributed by atoms with E-state index >= 15 is 0 Å². The summed E-state index contributed by atoms with van der Waals surface area (Å²) in [6.07, 6.45) is 0. The van der Waals surface area contributed by atoms with Crippen LogP contribution in [0.4, 0.5) is 0 Å². The van der Waals surface area contributed by atoms with Crippen molar-refractivity contribution in [1.29, 1.82) is 0 Å². The van der Waals surface area contributed by atoms with Gasteiger partial charge in [-0.3, -0.25) is 9.59 Å². The van der Waals surface area contributed by atoms with Gasteiger partial charge in [0.15, 0.2) is 5.78 Å². The second-order valence-electron chi connectivity index (χ2n) is 5.17. The fraction of sp³-hybridized carbons (Fsp3) is 0.222. The van der Waals surface area contributed by atoms with Gasteiger partial charge in [0.05, 0.1) is 24.8 Å². The number of nitrogens with zero attached hydrogens (tertiary/aromatic N) is 1. The zero-order chi connectivity index (χ0) is 17.7. The number of methoxy groups -OCH3 is 1. The Hall–Kier alpha value is -2.18. The van der Waals surface area contributed by atoms with Crippen molar-refractivity contribution in [2.24, 2.45) is 0 Å². The molecule has 6 heteroatoms. The van der Waals surface area contributed by atoms with E-state index in [4.69, 9.17) is 9.84 Å². The average molecular weight is 392 g/mol. The van der Waals surface area contributed by atoms with Crippen LogP contribution < -0.4 is 4.74 Å². The van der Waals surface area contributed by atoms with Crippen LogP contribution in [0.15, 0.2) is 46.9 Å². The number of amides is 1. The Morgan fingerprint density at radius 1 is 1.12 bits per heavy atom. The Balaban J connectivity index is 2.51. The fourth-order valence-corrected chi connectivity index (χ4v) is 2.69. The van der Waals surface area contributed by atoms with Crippen molar-refractivity contribution >= 4 is 27.6 Å². The highest BCUT2D eigenvalue weighted by Crippen LogP contribution is 2.25. The molecule has 24 heavy (non-hydrogen) atoms. The summed E-state index contributed by atoms with van der Waals surface area (Å²) in [5, 5.41) is 9.02. The molecule has 0 aliphatic carbocycles. The van der Waals surface area contributed by atoms with Crippen LogP contribution in [0.3, 0.4) is 0 Å². The first-order valence-corrected chi connectivity index (χ1v) is 8.12. The molecule has 5 nitrogen and oxygen atoms in total. The summed E-state index contributed by atoms with van der Waals surface area (Å²) >= 11 is 3.34. The number of ketones is 1. The third-order valence-electron chi connectivity index (χ3n) is 3.59. The molecule has 0 spiro atoms. The van der Waals surface area contributed by atoms with Crippen molar-refractivity contribution in [3.05, 3.63) is 63.6 Å². The molecule has 1 amide bonds. The summed E-state index contributed by atoms with van der Waals surface area (Å²) in [6, 6.07) is 11.8. The highest BCUT2D eigenvalue weighted by atomic mass is 79.9. The van der Waals surface area contributed by atoms with E-state index in [2.05, 4.69) is 15.9 Å². The Morgan fingerprint density at radius 2 is 1.83 bits per heavy atom. The minimum atomic E-state index is -0.324. The second-order valence-corrected chi connectivity index (χ2v) is 6.09. The molecule has 0 saturated heterocycles. The molecule has 0 radical (unpaired) electrons. The Bertz CT molecular complexity index is 760. The highest BCUT2D eigenvalue weighted by Gasteiger charge is 2.23. The van der Waals surface area contributed by atoms with Crippen LogP contribution in [0, 0.1) is 0 Å². The lowest BCUT2D eigenvalue weighted by Crippen LogP contribution is -2.30. The number of hydrogen-bond acceptors (Lipinski definition) is 4. The number of para-hydroxylation sites is 1. The van der Waals surface area contributed by atoms with Crippen LogP contribution in [0.25, 0.3) is 0 Å². The average Bonchev–Trinajstić information content (AvgIpc) is 2.60. The molecule has 126 valence electrons. The minimum Gasteiger partial charge on any atom is -0.496 e. The molecule has 0 aliphatic rings. The van der Waals surface area contributed by atoms with Gasteiger partial charge in [-0.15, -0.1) is 0 Å². The van der Waals surface area contributed by atoms with Crippen LogP contribution >= 0.6 is 15.9 Å². The molecule has 2 rings (SSSR count). The van der Waals surface area contributed by atoms with Gasteiger partial charge in [0.1, 0.15) is 5.75 Å². The molecule has 0 fully saturated rings. The van der Waals surface area contributed by atoms with Gasteiger partial charge in [0, 0.05) is 23.6 Å². The maximum absolute atomic E-state index is 13.0. The van der Waals surface area contributed by atoms with E-state index in [-0.39, 0.29) is 36.0 Å². The number of aliphatic hydroxyl groups excluding tert-OH is 1. The third kappa shape index (κ3) is 3.83. The van der Waals surface area contributed by atoms with E-state index in [0.29, 0.717) is 15.8 Å². The maximum Gasteiger partial charge on any atom is 0.254 e. The minimum absolute atomic E-state index is 0.144. The number of hydrogen-bond donors (Lipinski definition) is 1.